The summed E-state index contributed by atoms with van der Waals surface area (Å²) in [4.78, 5) is 11.8. The van der Waals surface area contributed by atoms with Crippen molar-refractivity contribution < 1.29 is 14.3 Å². The van der Waals surface area contributed by atoms with E-state index in [1.54, 1.807) is 7.11 Å². The van der Waals surface area contributed by atoms with Crippen LogP contribution in [0.3, 0.4) is 0 Å². The Morgan fingerprint density at radius 3 is 2.88 bits per heavy atom. The zero-order valence-electron chi connectivity index (χ0n) is 10.8. The fourth-order valence-electron chi connectivity index (χ4n) is 1.96. The number of nitrogens with one attached hydrogen (secondary N) is 2. The van der Waals surface area contributed by atoms with E-state index in [1.165, 1.54) is 0 Å². The van der Waals surface area contributed by atoms with E-state index in [4.69, 9.17) is 9.47 Å². The molecular formula is C12H24N2O3. The van der Waals surface area contributed by atoms with E-state index in [-0.39, 0.29) is 11.9 Å². The van der Waals surface area contributed by atoms with Gasteiger partial charge in [0, 0.05) is 19.7 Å². The average molecular weight is 244 g/mol. The number of rotatable bonds is 7. The zero-order chi connectivity index (χ0) is 12.5. The molecule has 0 aromatic heterocycles. The molecular weight excluding hydrogens is 220 g/mol. The highest BCUT2D eigenvalue weighted by Gasteiger charge is 2.23. The molecule has 1 aliphatic rings. The molecule has 1 fully saturated rings. The van der Waals surface area contributed by atoms with Crippen LogP contribution in [-0.4, -0.2) is 51.5 Å². The van der Waals surface area contributed by atoms with Crippen LogP contribution in [-0.2, 0) is 14.3 Å². The first-order chi connectivity index (χ1) is 8.24. The smallest absolute Gasteiger partial charge is 0.237 e. The summed E-state index contributed by atoms with van der Waals surface area (Å²) in [6.07, 6.45) is 3.21. The first-order valence-electron chi connectivity index (χ1n) is 6.34. The van der Waals surface area contributed by atoms with Gasteiger partial charge in [-0.2, -0.15) is 0 Å². The lowest BCUT2D eigenvalue weighted by molar-refractivity contribution is -0.124. The van der Waals surface area contributed by atoms with Crippen molar-refractivity contribution in [2.75, 3.05) is 33.5 Å². The molecule has 1 saturated heterocycles. The molecule has 0 aromatic rings. The van der Waals surface area contributed by atoms with E-state index in [9.17, 15) is 4.79 Å². The molecule has 5 nitrogen and oxygen atoms in total. The molecule has 1 rings (SSSR count). The molecule has 0 aliphatic carbocycles. The van der Waals surface area contributed by atoms with Crippen molar-refractivity contribution in [2.24, 2.45) is 0 Å². The van der Waals surface area contributed by atoms with Crippen LogP contribution in [0.5, 0.6) is 0 Å². The van der Waals surface area contributed by atoms with E-state index >= 15 is 0 Å². The molecule has 5 heteroatoms. The van der Waals surface area contributed by atoms with Gasteiger partial charge in [0.2, 0.25) is 5.91 Å². The van der Waals surface area contributed by atoms with Crippen molar-refractivity contribution in [2.45, 2.75) is 38.3 Å². The lowest BCUT2D eigenvalue weighted by Gasteiger charge is -2.27. The number of carbonyl (C=O) groups is 1. The summed E-state index contributed by atoms with van der Waals surface area (Å²) < 4.78 is 10.1. The Balaban J connectivity index is 2.04. The van der Waals surface area contributed by atoms with Gasteiger partial charge in [0.05, 0.1) is 25.9 Å². The number of methoxy groups -OCH3 is 1. The Kier molecular flexibility index (Phi) is 7.16. The molecule has 1 heterocycles. The highest BCUT2D eigenvalue weighted by Crippen LogP contribution is 2.11. The normalized spacial score (nSPS) is 24.6. The van der Waals surface area contributed by atoms with Crippen LogP contribution in [0.4, 0.5) is 0 Å². The fourth-order valence-corrected chi connectivity index (χ4v) is 1.96. The highest BCUT2D eigenvalue weighted by molar-refractivity contribution is 5.81. The Morgan fingerprint density at radius 2 is 2.18 bits per heavy atom. The standard InChI is InChI=1S/C12H24N2O3/c1-10-4-3-5-11(14-10)12(15)13-6-7-17-9-8-16-2/h10-11,14H,3-9H2,1-2H3,(H,13,15). The summed E-state index contributed by atoms with van der Waals surface area (Å²) in [5.74, 6) is 0.0897. The number of hydrogen-bond donors (Lipinski definition) is 2. The molecule has 2 atom stereocenters. The Morgan fingerprint density at radius 1 is 1.35 bits per heavy atom. The summed E-state index contributed by atoms with van der Waals surface area (Å²) in [6, 6.07) is 0.412. The minimum Gasteiger partial charge on any atom is -0.382 e. The van der Waals surface area contributed by atoms with Gasteiger partial charge in [-0.1, -0.05) is 0 Å². The molecule has 0 aromatic carbocycles. The predicted molar refractivity (Wildman–Crippen MR) is 65.9 cm³/mol. The van der Waals surface area contributed by atoms with Gasteiger partial charge < -0.3 is 20.1 Å². The van der Waals surface area contributed by atoms with E-state index in [1.807, 2.05) is 0 Å². The van der Waals surface area contributed by atoms with Crippen LogP contribution in [0.1, 0.15) is 26.2 Å². The monoisotopic (exact) mass is 244 g/mol. The Hall–Kier alpha value is -0.650. The molecule has 0 saturated carbocycles. The lowest BCUT2D eigenvalue weighted by atomic mass is 9.99. The van der Waals surface area contributed by atoms with Gasteiger partial charge in [0.1, 0.15) is 0 Å². The molecule has 0 bridgehead atoms. The second-order valence-electron chi connectivity index (χ2n) is 4.45. The zero-order valence-corrected chi connectivity index (χ0v) is 10.8. The Labute approximate surface area is 103 Å². The van der Waals surface area contributed by atoms with E-state index in [0.717, 1.165) is 19.3 Å². The molecule has 2 unspecified atom stereocenters. The molecule has 0 spiro atoms. The maximum atomic E-state index is 11.8. The maximum Gasteiger partial charge on any atom is 0.237 e. The van der Waals surface area contributed by atoms with Crippen molar-refractivity contribution in [1.29, 1.82) is 0 Å². The number of hydrogen-bond acceptors (Lipinski definition) is 4. The van der Waals surface area contributed by atoms with E-state index < -0.39 is 0 Å². The van der Waals surface area contributed by atoms with Crippen LogP contribution in [0.25, 0.3) is 0 Å². The Bertz CT molecular complexity index is 224. The third kappa shape index (κ3) is 6.00. The quantitative estimate of drug-likeness (QED) is 0.632. The van der Waals surface area contributed by atoms with Gasteiger partial charge >= 0.3 is 0 Å². The lowest BCUT2D eigenvalue weighted by Crippen LogP contribution is -2.50. The van der Waals surface area contributed by atoms with Crippen LogP contribution >= 0.6 is 0 Å². The van der Waals surface area contributed by atoms with Gasteiger partial charge in [0.25, 0.3) is 0 Å². The third-order valence-electron chi connectivity index (χ3n) is 2.91. The van der Waals surface area contributed by atoms with Crippen molar-refractivity contribution in [1.82, 2.24) is 10.6 Å². The fraction of sp³-hybridized carbons (Fsp3) is 0.917. The molecule has 1 aliphatic heterocycles. The molecule has 1 amide bonds. The summed E-state index contributed by atoms with van der Waals surface area (Å²) in [6.45, 7) is 4.39. The molecule has 0 radical (unpaired) electrons. The minimum atomic E-state index is -0.0299. The summed E-state index contributed by atoms with van der Waals surface area (Å²) in [7, 11) is 1.64. The van der Waals surface area contributed by atoms with Crippen LogP contribution in [0.15, 0.2) is 0 Å². The maximum absolute atomic E-state index is 11.8. The highest BCUT2D eigenvalue weighted by atomic mass is 16.5. The molecule has 100 valence electrons. The number of amides is 1. The van der Waals surface area contributed by atoms with Crippen molar-refractivity contribution in [3.05, 3.63) is 0 Å². The van der Waals surface area contributed by atoms with Crippen LogP contribution in [0.2, 0.25) is 0 Å². The molecule has 17 heavy (non-hydrogen) atoms. The number of piperidine rings is 1. The largest absolute Gasteiger partial charge is 0.382 e. The minimum absolute atomic E-state index is 0.0299. The van der Waals surface area contributed by atoms with Gasteiger partial charge in [-0.25, -0.2) is 0 Å². The topological polar surface area (TPSA) is 59.6 Å². The number of carbonyl (C=O) groups excluding carboxylic acids is 1. The number of ether oxygens (including phenoxy) is 2. The third-order valence-corrected chi connectivity index (χ3v) is 2.91. The van der Waals surface area contributed by atoms with Crippen LogP contribution < -0.4 is 10.6 Å². The SMILES string of the molecule is COCCOCCNC(=O)C1CCCC(C)N1. The summed E-state index contributed by atoms with van der Waals surface area (Å²) in [5, 5.41) is 6.19. The summed E-state index contributed by atoms with van der Waals surface area (Å²) in [5.41, 5.74) is 0. The predicted octanol–water partition coefficient (Wildman–Crippen LogP) is 0.296. The van der Waals surface area contributed by atoms with Crippen molar-refractivity contribution >= 4 is 5.91 Å². The average Bonchev–Trinajstić information content (AvgIpc) is 2.33. The first-order valence-corrected chi connectivity index (χ1v) is 6.34. The van der Waals surface area contributed by atoms with Gasteiger partial charge in [0.15, 0.2) is 0 Å². The summed E-state index contributed by atoms with van der Waals surface area (Å²) >= 11 is 0. The van der Waals surface area contributed by atoms with Gasteiger partial charge in [-0.3, -0.25) is 4.79 Å². The van der Waals surface area contributed by atoms with Gasteiger partial charge in [-0.05, 0) is 26.2 Å². The second-order valence-corrected chi connectivity index (χ2v) is 4.45. The van der Waals surface area contributed by atoms with Crippen molar-refractivity contribution in [3.63, 3.8) is 0 Å². The first kappa shape index (κ1) is 14.4. The van der Waals surface area contributed by atoms with Crippen molar-refractivity contribution in [3.8, 4) is 0 Å². The van der Waals surface area contributed by atoms with Gasteiger partial charge in [-0.15, -0.1) is 0 Å². The van der Waals surface area contributed by atoms with E-state index in [0.29, 0.717) is 32.4 Å². The van der Waals surface area contributed by atoms with Crippen LogP contribution in [0, 0.1) is 0 Å². The van der Waals surface area contributed by atoms with E-state index in [2.05, 4.69) is 17.6 Å². The second kappa shape index (κ2) is 8.44. The molecule has 2 N–H and O–H groups in total.